The molecular weight excluding hydrogens is 380 g/mol. The van der Waals surface area contributed by atoms with Gasteiger partial charge >= 0.3 is 0 Å². The van der Waals surface area contributed by atoms with Gasteiger partial charge in [-0.1, -0.05) is 29.8 Å². The fourth-order valence-electron chi connectivity index (χ4n) is 3.90. The lowest BCUT2D eigenvalue weighted by molar-refractivity contribution is -0.125. The predicted molar refractivity (Wildman–Crippen MR) is 108 cm³/mol. The van der Waals surface area contributed by atoms with Crippen LogP contribution in [0.3, 0.4) is 0 Å². The summed E-state index contributed by atoms with van der Waals surface area (Å²) >= 11 is 7.78. The van der Waals surface area contributed by atoms with Gasteiger partial charge in [-0.3, -0.25) is 9.59 Å². The van der Waals surface area contributed by atoms with Crippen LogP contribution in [0.2, 0.25) is 5.02 Å². The number of halogens is 1. The third-order valence-corrected chi connectivity index (χ3v) is 7.06. The lowest BCUT2D eigenvalue weighted by Crippen LogP contribution is -2.33. The van der Waals surface area contributed by atoms with Gasteiger partial charge in [0.2, 0.25) is 5.91 Å². The van der Waals surface area contributed by atoms with E-state index in [0.29, 0.717) is 18.0 Å². The van der Waals surface area contributed by atoms with E-state index in [1.807, 2.05) is 35.2 Å². The number of benzene rings is 1. The van der Waals surface area contributed by atoms with E-state index >= 15 is 0 Å². The number of hydrogen-bond donors (Lipinski definition) is 1. The molecule has 4 nitrogen and oxygen atoms in total. The van der Waals surface area contributed by atoms with E-state index in [2.05, 4.69) is 5.32 Å². The van der Waals surface area contributed by atoms with Gasteiger partial charge < -0.3 is 10.2 Å². The van der Waals surface area contributed by atoms with Gasteiger partial charge in [0.25, 0.3) is 5.91 Å². The molecule has 2 heterocycles. The van der Waals surface area contributed by atoms with E-state index in [-0.39, 0.29) is 17.7 Å². The second-order valence-electron chi connectivity index (χ2n) is 7.31. The van der Waals surface area contributed by atoms with Crippen LogP contribution in [0.15, 0.2) is 30.3 Å². The molecule has 1 aliphatic heterocycles. The Morgan fingerprint density at radius 1 is 1.22 bits per heavy atom. The van der Waals surface area contributed by atoms with Crippen LogP contribution in [0.5, 0.6) is 0 Å². The first-order chi connectivity index (χ1) is 13.1. The normalized spacial score (nSPS) is 19.0. The third kappa shape index (κ3) is 4.04. The fraction of sp³-hybridized carbons (Fsp3) is 0.429. The zero-order valence-electron chi connectivity index (χ0n) is 15.2. The van der Waals surface area contributed by atoms with Crippen LogP contribution in [0.4, 0.5) is 0 Å². The summed E-state index contributed by atoms with van der Waals surface area (Å²) in [6, 6.07) is 9.59. The highest BCUT2D eigenvalue weighted by Crippen LogP contribution is 2.33. The summed E-state index contributed by atoms with van der Waals surface area (Å²) in [5.74, 6) is 0.190. The van der Waals surface area contributed by atoms with Gasteiger partial charge in [-0.05, 0) is 55.4 Å². The average Bonchev–Trinajstić information content (AvgIpc) is 3.35. The van der Waals surface area contributed by atoms with Crippen LogP contribution in [-0.4, -0.2) is 29.8 Å². The summed E-state index contributed by atoms with van der Waals surface area (Å²) in [6.45, 7) is 2.19. The standard InChI is InChI=1S/C21H23ClN2O2S/c22-17-6-2-1-5-15(17)13-23-20(25)14-7-8-18-16(11-14)12-19(27-18)21(26)24-9-3-4-10-24/h1-2,5-6,12,14H,3-4,7-11,13H2,(H,23,25). The number of fused-ring (bicyclic) bond motifs is 1. The third-order valence-electron chi connectivity index (χ3n) is 5.47. The Kier molecular flexibility index (Phi) is 5.50. The molecule has 1 aromatic carbocycles. The molecule has 2 amide bonds. The van der Waals surface area contributed by atoms with E-state index in [0.717, 1.165) is 49.2 Å². The molecule has 6 heteroatoms. The monoisotopic (exact) mass is 402 g/mol. The molecule has 0 spiro atoms. The van der Waals surface area contributed by atoms with Gasteiger partial charge in [-0.25, -0.2) is 0 Å². The minimum Gasteiger partial charge on any atom is -0.352 e. The Balaban J connectivity index is 1.38. The molecule has 0 bridgehead atoms. The molecule has 142 valence electrons. The highest BCUT2D eigenvalue weighted by molar-refractivity contribution is 7.14. The zero-order chi connectivity index (χ0) is 18.8. The Bertz CT molecular complexity index is 858. The van der Waals surface area contributed by atoms with Crippen molar-refractivity contribution in [3.8, 4) is 0 Å². The molecule has 1 N–H and O–H groups in total. The number of nitrogens with one attached hydrogen (secondary N) is 1. The maximum absolute atomic E-state index is 12.6. The molecule has 1 aromatic heterocycles. The Morgan fingerprint density at radius 3 is 2.78 bits per heavy atom. The van der Waals surface area contributed by atoms with Crippen LogP contribution in [0.25, 0.3) is 0 Å². The van der Waals surface area contributed by atoms with E-state index in [4.69, 9.17) is 11.6 Å². The summed E-state index contributed by atoms with van der Waals surface area (Å²) in [7, 11) is 0. The lowest BCUT2D eigenvalue weighted by atomic mass is 9.87. The summed E-state index contributed by atoms with van der Waals surface area (Å²) in [4.78, 5) is 29.3. The number of nitrogens with zero attached hydrogens (tertiary/aromatic N) is 1. The first-order valence-corrected chi connectivity index (χ1v) is 10.7. The van der Waals surface area contributed by atoms with E-state index in [1.165, 1.54) is 10.4 Å². The highest BCUT2D eigenvalue weighted by atomic mass is 35.5. The Hall–Kier alpha value is -1.85. The summed E-state index contributed by atoms with van der Waals surface area (Å²) in [5, 5.41) is 3.69. The molecule has 4 rings (SSSR count). The van der Waals surface area contributed by atoms with Gasteiger partial charge in [-0.2, -0.15) is 0 Å². The number of amides is 2. The van der Waals surface area contributed by atoms with E-state index in [9.17, 15) is 9.59 Å². The summed E-state index contributed by atoms with van der Waals surface area (Å²) in [5.41, 5.74) is 2.10. The molecule has 1 unspecified atom stereocenters. The van der Waals surface area contributed by atoms with Crippen molar-refractivity contribution in [1.82, 2.24) is 10.2 Å². The number of aryl methyl sites for hydroxylation is 1. The smallest absolute Gasteiger partial charge is 0.263 e. The number of rotatable bonds is 4. The maximum Gasteiger partial charge on any atom is 0.263 e. The highest BCUT2D eigenvalue weighted by Gasteiger charge is 2.29. The van der Waals surface area contributed by atoms with Crippen molar-refractivity contribution in [2.75, 3.05) is 13.1 Å². The summed E-state index contributed by atoms with van der Waals surface area (Å²) < 4.78 is 0. The van der Waals surface area contributed by atoms with Crippen molar-refractivity contribution in [3.05, 3.63) is 56.2 Å². The van der Waals surface area contributed by atoms with Crippen molar-refractivity contribution < 1.29 is 9.59 Å². The molecule has 1 atom stereocenters. The minimum atomic E-state index is -0.0377. The molecule has 2 aliphatic rings. The van der Waals surface area contributed by atoms with E-state index in [1.54, 1.807) is 11.3 Å². The molecule has 0 saturated carbocycles. The van der Waals surface area contributed by atoms with Gasteiger partial charge in [0.05, 0.1) is 4.88 Å². The maximum atomic E-state index is 12.6. The van der Waals surface area contributed by atoms with Crippen LogP contribution in [0, 0.1) is 5.92 Å². The molecular formula is C21H23ClN2O2S. The van der Waals surface area contributed by atoms with Gasteiger partial charge in [0, 0.05) is 35.5 Å². The van der Waals surface area contributed by atoms with Crippen molar-refractivity contribution in [2.24, 2.45) is 5.92 Å². The second kappa shape index (κ2) is 8.03. The van der Waals surface area contributed by atoms with Crippen LogP contribution >= 0.6 is 22.9 Å². The summed E-state index contributed by atoms with van der Waals surface area (Å²) in [6.07, 6.45) is 4.62. The molecule has 27 heavy (non-hydrogen) atoms. The van der Waals surface area contributed by atoms with E-state index < -0.39 is 0 Å². The van der Waals surface area contributed by atoms with Gasteiger partial charge in [-0.15, -0.1) is 11.3 Å². The number of carbonyl (C=O) groups is 2. The molecule has 0 radical (unpaired) electrons. The second-order valence-corrected chi connectivity index (χ2v) is 8.85. The molecule has 1 saturated heterocycles. The number of hydrogen-bond acceptors (Lipinski definition) is 3. The molecule has 1 aliphatic carbocycles. The van der Waals surface area contributed by atoms with Crippen molar-refractivity contribution in [3.63, 3.8) is 0 Å². The molecule has 2 aromatic rings. The topological polar surface area (TPSA) is 49.4 Å². The fourth-order valence-corrected chi connectivity index (χ4v) is 5.28. The molecule has 1 fully saturated rings. The van der Waals surface area contributed by atoms with Crippen LogP contribution in [0.1, 0.15) is 44.9 Å². The number of likely N-dealkylation sites (tertiary alicyclic amines) is 1. The lowest BCUT2D eigenvalue weighted by Gasteiger charge is -2.21. The largest absolute Gasteiger partial charge is 0.352 e. The average molecular weight is 403 g/mol. The Labute approximate surface area is 168 Å². The SMILES string of the molecule is O=C(NCc1ccccc1Cl)C1CCc2sc(C(=O)N3CCCC3)cc2C1. The first-order valence-electron chi connectivity index (χ1n) is 9.54. The first kappa shape index (κ1) is 18.5. The number of carbonyl (C=O) groups excluding carboxylic acids is 2. The quantitative estimate of drug-likeness (QED) is 0.838. The van der Waals surface area contributed by atoms with Crippen LogP contribution in [-0.2, 0) is 24.2 Å². The van der Waals surface area contributed by atoms with Crippen molar-refractivity contribution in [2.45, 2.75) is 38.6 Å². The zero-order valence-corrected chi connectivity index (χ0v) is 16.7. The van der Waals surface area contributed by atoms with Gasteiger partial charge in [0.15, 0.2) is 0 Å². The number of thiophene rings is 1. The van der Waals surface area contributed by atoms with Crippen molar-refractivity contribution >= 4 is 34.8 Å². The van der Waals surface area contributed by atoms with Gasteiger partial charge in [0.1, 0.15) is 0 Å². The van der Waals surface area contributed by atoms with Crippen LogP contribution < -0.4 is 5.32 Å². The predicted octanol–water partition coefficient (Wildman–Crippen LogP) is 4.06. The van der Waals surface area contributed by atoms with Crippen molar-refractivity contribution in [1.29, 1.82) is 0 Å². The Morgan fingerprint density at radius 2 is 2.00 bits per heavy atom. The minimum absolute atomic E-state index is 0.0377.